The van der Waals surface area contributed by atoms with Crippen LogP contribution >= 0.6 is 11.8 Å². The van der Waals surface area contributed by atoms with Crippen LogP contribution in [0.3, 0.4) is 0 Å². The van der Waals surface area contributed by atoms with E-state index in [1.165, 1.54) is 11.8 Å². The molecule has 2 nitrogen and oxygen atoms in total. The van der Waals surface area contributed by atoms with Gasteiger partial charge in [-0.15, -0.1) is 0 Å². The summed E-state index contributed by atoms with van der Waals surface area (Å²) in [4.78, 5) is 11.6. The third kappa shape index (κ3) is 3.36. The van der Waals surface area contributed by atoms with Crippen LogP contribution in [0.5, 0.6) is 0 Å². The summed E-state index contributed by atoms with van der Waals surface area (Å²) in [5, 5.41) is 10.0. The molecule has 3 heteroatoms. The number of hydrogen-bond acceptors (Lipinski definition) is 3. The summed E-state index contributed by atoms with van der Waals surface area (Å²) < 4.78 is 0. The number of thioether (sulfide) groups is 1. The van der Waals surface area contributed by atoms with Crippen molar-refractivity contribution < 1.29 is 9.90 Å². The maximum atomic E-state index is 11.6. The molecule has 1 rings (SSSR count). The van der Waals surface area contributed by atoms with E-state index in [4.69, 9.17) is 0 Å². The minimum Gasteiger partial charge on any atom is -0.388 e. The Labute approximate surface area is 94.7 Å². The first-order valence-corrected chi connectivity index (χ1v) is 6.05. The largest absolute Gasteiger partial charge is 0.388 e. The molecule has 0 aromatic heterocycles. The lowest BCUT2D eigenvalue weighted by molar-refractivity contribution is -0.117. The molecule has 0 bridgehead atoms. The quantitative estimate of drug-likeness (QED) is 0.854. The first kappa shape index (κ1) is 12.3. The molecule has 0 amide bonds. The number of benzene rings is 1. The number of rotatable bonds is 4. The predicted octanol–water partition coefficient (Wildman–Crippen LogP) is 2.64. The van der Waals surface area contributed by atoms with Gasteiger partial charge in [0.2, 0.25) is 0 Å². The van der Waals surface area contributed by atoms with E-state index in [2.05, 4.69) is 0 Å². The van der Waals surface area contributed by atoms with Gasteiger partial charge in [0, 0.05) is 0 Å². The van der Waals surface area contributed by atoms with Crippen LogP contribution in [0.4, 0.5) is 0 Å². The minimum atomic E-state index is -0.697. The molecule has 0 aliphatic heterocycles. The van der Waals surface area contributed by atoms with Gasteiger partial charge in [-0.25, -0.2) is 0 Å². The lowest BCUT2D eigenvalue weighted by atomic mass is 9.99. The van der Waals surface area contributed by atoms with Crippen LogP contribution in [0.15, 0.2) is 30.3 Å². The maximum absolute atomic E-state index is 11.6. The van der Waals surface area contributed by atoms with Crippen molar-refractivity contribution in [3.63, 3.8) is 0 Å². The van der Waals surface area contributed by atoms with Crippen molar-refractivity contribution in [3.05, 3.63) is 35.9 Å². The summed E-state index contributed by atoms with van der Waals surface area (Å²) in [6.45, 7) is 3.70. The second-order valence-electron chi connectivity index (χ2n) is 3.40. The molecular weight excluding hydrogens is 208 g/mol. The monoisotopic (exact) mass is 224 g/mol. The Hall–Kier alpha value is -0.800. The van der Waals surface area contributed by atoms with E-state index in [9.17, 15) is 9.90 Å². The van der Waals surface area contributed by atoms with Gasteiger partial charge in [0.25, 0.3) is 0 Å². The Kier molecular flexibility index (Phi) is 4.85. The van der Waals surface area contributed by atoms with E-state index >= 15 is 0 Å². The van der Waals surface area contributed by atoms with E-state index in [0.717, 1.165) is 11.3 Å². The van der Waals surface area contributed by atoms with Crippen LogP contribution in [0, 0.1) is 5.92 Å². The molecule has 0 saturated carbocycles. The number of hydrogen-bond donors (Lipinski definition) is 1. The van der Waals surface area contributed by atoms with Gasteiger partial charge in [-0.2, -0.15) is 0 Å². The zero-order chi connectivity index (χ0) is 11.3. The van der Waals surface area contributed by atoms with Crippen LogP contribution in [-0.2, 0) is 4.79 Å². The van der Waals surface area contributed by atoms with Crippen molar-refractivity contribution in [1.29, 1.82) is 0 Å². The van der Waals surface area contributed by atoms with Gasteiger partial charge in [-0.05, 0) is 11.3 Å². The molecule has 1 aromatic carbocycles. The second kappa shape index (κ2) is 5.93. The number of aliphatic hydroxyl groups is 1. The minimum absolute atomic E-state index is 0.0499. The van der Waals surface area contributed by atoms with Crippen LogP contribution in [0.2, 0.25) is 0 Å². The molecule has 0 fully saturated rings. The Morgan fingerprint density at radius 2 is 2.00 bits per heavy atom. The fourth-order valence-corrected chi connectivity index (χ4v) is 2.02. The lowest BCUT2D eigenvalue weighted by Crippen LogP contribution is -2.16. The first-order chi connectivity index (χ1) is 7.16. The van der Waals surface area contributed by atoms with E-state index < -0.39 is 6.10 Å². The summed E-state index contributed by atoms with van der Waals surface area (Å²) >= 11 is 1.26. The molecule has 0 spiro atoms. The fourth-order valence-electron chi connectivity index (χ4n) is 1.34. The van der Waals surface area contributed by atoms with Crippen molar-refractivity contribution in [2.75, 3.05) is 5.75 Å². The van der Waals surface area contributed by atoms with E-state index in [1.54, 1.807) is 6.92 Å². The van der Waals surface area contributed by atoms with E-state index in [-0.39, 0.29) is 11.0 Å². The summed E-state index contributed by atoms with van der Waals surface area (Å²) in [6, 6.07) is 9.30. The molecule has 0 radical (unpaired) electrons. The SMILES string of the molecule is CCSC(=O)[C@@H](C)[C@@H](O)c1ccccc1. The van der Waals surface area contributed by atoms with Gasteiger partial charge >= 0.3 is 0 Å². The summed E-state index contributed by atoms with van der Waals surface area (Å²) in [6.07, 6.45) is -0.697. The molecule has 0 aliphatic carbocycles. The highest BCUT2D eigenvalue weighted by Crippen LogP contribution is 2.25. The third-order valence-corrected chi connectivity index (χ3v) is 3.22. The smallest absolute Gasteiger partial charge is 0.194 e. The molecule has 0 heterocycles. The number of aliphatic hydroxyl groups excluding tert-OH is 1. The van der Waals surface area contributed by atoms with Crippen molar-refractivity contribution in [1.82, 2.24) is 0 Å². The highest BCUT2D eigenvalue weighted by atomic mass is 32.2. The van der Waals surface area contributed by atoms with Crippen LogP contribution in [0.25, 0.3) is 0 Å². The van der Waals surface area contributed by atoms with Gasteiger partial charge in [-0.3, -0.25) is 4.79 Å². The first-order valence-electron chi connectivity index (χ1n) is 5.06. The summed E-state index contributed by atoms with van der Waals surface area (Å²) in [5.41, 5.74) is 0.801. The van der Waals surface area contributed by atoms with Crippen molar-refractivity contribution in [2.45, 2.75) is 20.0 Å². The van der Waals surface area contributed by atoms with Crippen molar-refractivity contribution in [3.8, 4) is 0 Å². The Morgan fingerprint density at radius 3 is 2.53 bits per heavy atom. The van der Waals surface area contributed by atoms with Crippen molar-refractivity contribution >= 4 is 16.9 Å². The molecule has 15 heavy (non-hydrogen) atoms. The highest BCUT2D eigenvalue weighted by Gasteiger charge is 2.22. The molecule has 1 N–H and O–H groups in total. The second-order valence-corrected chi connectivity index (χ2v) is 4.66. The number of carbonyl (C=O) groups excluding carboxylic acids is 1. The third-order valence-electron chi connectivity index (χ3n) is 2.27. The highest BCUT2D eigenvalue weighted by molar-refractivity contribution is 8.13. The standard InChI is InChI=1S/C12H16O2S/c1-3-15-12(14)9(2)11(13)10-7-5-4-6-8-10/h4-9,11,13H,3H2,1-2H3/t9-,11+/m0/s1. The van der Waals surface area contributed by atoms with Gasteiger partial charge in [0.1, 0.15) is 0 Å². The predicted molar refractivity (Wildman–Crippen MR) is 63.7 cm³/mol. The van der Waals surface area contributed by atoms with Crippen LogP contribution < -0.4 is 0 Å². The molecule has 0 aliphatic rings. The zero-order valence-electron chi connectivity index (χ0n) is 9.01. The summed E-state index contributed by atoms with van der Waals surface area (Å²) in [7, 11) is 0. The molecular formula is C12H16O2S. The maximum Gasteiger partial charge on any atom is 0.194 e. The van der Waals surface area contributed by atoms with Gasteiger partial charge < -0.3 is 5.11 Å². The Bertz CT molecular complexity index is 311. The zero-order valence-corrected chi connectivity index (χ0v) is 9.83. The van der Waals surface area contributed by atoms with Crippen LogP contribution in [-0.4, -0.2) is 16.0 Å². The molecule has 0 unspecified atom stereocenters. The Balaban J connectivity index is 2.68. The van der Waals surface area contributed by atoms with E-state index in [0.29, 0.717) is 0 Å². The van der Waals surface area contributed by atoms with Gasteiger partial charge in [0.05, 0.1) is 12.0 Å². The van der Waals surface area contributed by atoms with Gasteiger partial charge in [-0.1, -0.05) is 55.9 Å². The van der Waals surface area contributed by atoms with Gasteiger partial charge in [0.15, 0.2) is 5.12 Å². The molecule has 2 atom stereocenters. The summed E-state index contributed by atoms with van der Waals surface area (Å²) in [5.74, 6) is 0.405. The van der Waals surface area contributed by atoms with Crippen molar-refractivity contribution in [2.24, 2.45) is 5.92 Å². The molecule has 82 valence electrons. The average molecular weight is 224 g/mol. The molecule has 1 aromatic rings. The average Bonchev–Trinajstić information content (AvgIpc) is 2.28. The fraction of sp³-hybridized carbons (Fsp3) is 0.417. The normalized spacial score (nSPS) is 14.6. The van der Waals surface area contributed by atoms with E-state index in [1.807, 2.05) is 37.3 Å². The lowest BCUT2D eigenvalue weighted by Gasteiger charge is -2.17. The Morgan fingerprint density at radius 1 is 1.40 bits per heavy atom. The van der Waals surface area contributed by atoms with Crippen LogP contribution in [0.1, 0.15) is 25.5 Å². The molecule has 0 saturated heterocycles. The topological polar surface area (TPSA) is 37.3 Å². The number of carbonyl (C=O) groups is 1.